The fourth-order valence-corrected chi connectivity index (χ4v) is 2.13. The molecule has 2 aromatic rings. The number of hydrogen-bond acceptors (Lipinski definition) is 6. The highest BCUT2D eigenvalue weighted by Crippen LogP contribution is 2.34. The van der Waals surface area contributed by atoms with Crippen molar-refractivity contribution in [2.45, 2.75) is 0 Å². The van der Waals surface area contributed by atoms with Gasteiger partial charge in [-0.2, -0.15) is 0 Å². The van der Waals surface area contributed by atoms with E-state index in [1.807, 2.05) is 0 Å². The first-order valence-electron chi connectivity index (χ1n) is 7.26. The van der Waals surface area contributed by atoms with E-state index in [4.69, 9.17) is 19.0 Å². The first-order chi connectivity index (χ1) is 12.0. The highest BCUT2D eigenvalue weighted by molar-refractivity contribution is 6.14. The summed E-state index contributed by atoms with van der Waals surface area (Å²) in [6.07, 6.45) is 2.97. The van der Waals surface area contributed by atoms with Gasteiger partial charge in [0.1, 0.15) is 23.8 Å². The van der Waals surface area contributed by atoms with E-state index in [2.05, 4.69) is 5.32 Å². The lowest BCUT2D eigenvalue weighted by atomic mass is 10.1. The topological polar surface area (TPSA) is 115 Å². The number of aliphatic carboxylic acids is 1. The summed E-state index contributed by atoms with van der Waals surface area (Å²) in [6.45, 7) is -0.833. The van der Waals surface area contributed by atoms with Crippen molar-refractivity contribution in [3.05, 3.63) is 53.7 Å². The van der Waals surface area contributed by atoms with E-state index in [-0.39, 0.29) is 18.1 Å². The molecule has 0 radical (unpaired) electrons. The first kappa shape index (κ1) is 16.3. The summed E-state index contributed by atoms with van der Waals surface area (Å²) < 4.78 is 15.9. The minimum absolute atomic E-state index is 0.126. The molecule has 2 heterocycles. The van der Waals surface area contributed by atoms with Crippen molar-refractivity contribution in [1.82, 2.24) is 5.32 Å². The standard InChI is InChI=1S/C17H13NO7/c19-15(18-8-16(20)21)9-24-11-3-4-12-13(6-11)25-14(17(12)22)7-10-2-1-5-23-10/h1-7H,8-9H2,(H,18,19)(H,20,21). The molecule has 0 fully saturated rings. The molecule has 128 valence electrons. The number of hydrogen-bond donors (Lipinski definition) is 2. The van der Waals surface area contributed by atoms with Gasteiger partial charge in [-0.3, -0.25) is 14.4 Å². The molecule has 8 nitrogen and oxygen atoms in total. The van der Waals surface area contributed by atoms with Gasteiger partial charge in [-0.1, -0.05) is 0 Å². The molecule has 3 rings (SSSR count). The Kier molecular flexibility index (Phi) is 4.51. The van der Waals surface area contributed by atoms with Gasteiger partial charge in [0.05, 0.1) is 11.8 Å². The van der Waals surface area contributed by atoms with Crippen molar-refractivity contribution in [2.75, 3.05) is 13.2 Å². The summed E-state index contributed by atoms with van der Waals surface area (Å²) in [5.74, 6) is -0.754. The highest BCUT2D eigenvalue weighted by Gasteiger charge is 2.28. The van der Waals surface area contributed by atoms with Crippen LogP contribution in [0.4, 0.5) is 0 Å². The number of allylic oxidation sites excluding steroid dienone is 1. The van der Waals surface area contributed by atoms with Crippen LogP contribution in [-0.4, -0.2) is 35.9 Å². The molecular formula is C17H13NO7. The normalized spacial score (nSPS) is 14.1. The van der Waals surface area contributed by atoms with Gasteiger partial charge in [0.2, 0.25) is 5.78 Å². The molecule has 0 bridgehead atoms. The average Bonchev–Trinajstić information content (AvgIpc) is 3.20. The van der Waals surface area contributed by atoms with E-state index in [0.717, 1.165) is 0 Å². The molecule has 8 heteroatoms. The number of fused-ring (bicyclic) bond motifs is 1. The Bertz CT molecular complexity index is 852. The Morgan fingerprint density at radius 1 is 1.28 bits per heavy atom. The van der Waals surface area contributed by atoms with Crippen molar-refractivity contribution in [2.24, 2.45) is 0 Å². The number of ketones is 1. The Labute approximate surface area is 141 Å². The number of ether oxygens (including phenoxy) is 2. The van der Waals surface area contributed by atoms with Crippen molar-refractivity contribution < 1.29 is 33.4 Å². The molecule has 1 aromatic heterocycles. The van der Waals surface area contributed by atoms with Crippen LogP contribution in [0.15, 0.2) is 46.8 Å². The summed E-state index contributed by atoms with van der Waals surface area (Å²) >= 11 is 0. The van der Waals surface area contributed by atoms with Crippen LogP contribution >= 0.6 is 0 Å². The first-order valence-corrected chi connectivity index (χ1v) is 7.26. The minimum atomic E-state index is -1.14. The van der Waals surface area contributed by atoms with Crippen molar-refractivity contribution in [3.8, 4) is 11.5 Å². The molecule has 0 atom stereocenters. The van der Waals surface area contributed by atoms with Crippen LogP contribution in [0.25, 0.3) is 6.08 Å². The van der Waals surface area contributed by atoms with Crippen molar-refractivity contribution in [3.63, 3.8) is 0 Å². The Balaban J connectivity index is 1.65. The van der Waals surface area contributed by atoms with Crippen LogP contribution < -0.4 is 14.8 Å². The lowest BCUT2D eigenvalue weighted by Crippen LogP contribution is -2.33. The quantitative estimate of drug-likeness (QED) is 0.763. The Morgan fingerprint density at radius 2 is 2.12 bits per heavy atom. The molecule has 0 saturated heterocycles. The number of rotatable bonds is 6. The second-order valence-electron chi connectivity index (χ2n) is 5.07. The summed E-state index contributed by atoms with van der Waals surface area (Å²) in [7, 11) is 0. The van der Waals surface area contributed by atoms with Gasteiger partial charge in [0, 0.05) is 12.1 Å². The fraction of sp³-hybridized carbons (Fsp3) is 0.118. The number of benzene rings is 1. The van der Waals surface area contributed by atoms with Crippen LogP contribution in [-0.2, 0) is 9.59 Å². The second kappa shape index (κ2) is 6.91. The molecule has 0 unspecified atom stereocenters. The van der Waals surface area contributed by atoms with Gasteiger partial charge in [-0.05, 0) is 24.3 Å². The molecule has 0 aliphatic carbocycles. The van der Waals surface area contributed by atoms with Gasteiger partial charge in [-0.15, -0.1) is 0 Å². The van der Waals surface area contributed by atoms with Gasteiger partial charge < -0.3 is 24.3 Å². The third-order valence-electron chi connectivity index (χ3n) is 3.26. The van der Waals surface area contributed by atoms with Gasteiger partial charge in [-0.25, -0.2) is 0 Å². The lowest BCUT2D eigenvalue weighted by molar-refractivity contribution is -0.138. The van der Waals surface area contributed by atoms with E-state index in [9.17, 15) is 14.4 Å². The minimum Gasteiger partial charge on any atom is -0.484 e. The molecular weight excluding hydrogens is 330 g/mol. The molecule has 1 aliphatic heterocycles. The zero-order chi connectivity index (χ0) is 17.8. The van der Waals surface area contributed by atoms with Gasteiger partial charge in [0.15, 0.2) is 12.4 Å². The number of carboxylic acids is 1. The van der Waals surface area contributed by atoms with E-state index in [1.54, 1.807) is 12.1 Å². The lowest BCUT2D eigenvalue weighted by Gasteiger charge is -2.07. The van der Waals surface area contributed by atoms with E-state index in [1.165, 1.54) is 30.5 Å². The summed E-state index contributed by atoms with van der Waals surface area (Å²) in [5, 5.41) is 10.7. The largest absolute Gasteiger partial charge is 0.484 e. The van der Waals surface area contributed by atoms with Crippen LogP contribution in [0.2, 0.25) is 0 Å². The molecule has 2 N–H and O–H groups in total. The number of nitrogens with one attached hydrogen (secondary N) is 1. The number of carbonyl (C=O) groups excluding carboxylic acids is 2. The van der Waals surface area contributed by atoms with Crippen LogP contribution in [0, 0.1) is 0 Å². The third-order valence-corrected chi connectivity index (χ3v) is 3.26. The molecule has 0 spiro atoms. The van der Waals surface area contributed by atoms with Gasteiger partial charge >= 0.3 is 5.97 Å². The molecule has 1 amide bonds. The zero-order valence-corrected chi connectivity index (χ0v) is 12.9. The third kappa shape index (κ3) is 3.86. The fourth-order valence-electron chi connectivity index (χ4n) is 2.13. The monoisotopic (exact) mass is 343 g/mol. The molecule has 25 heavy (non-hydrogen) atoms. The maximum Gasteiger partial charge on any atom is 0.322 e. The van der Waals surface area contributed by atoms with Gasteiger partial charge in [0.25, 0.3) is 5.91 Å². The Hall–Kier alpha value is -3.55. The average molecular weight is 343 g/mol. The van der Waals surface area contributed by atoms with E-state index >= 15 is 0 Å². The predicted molar refractivity (Wildman–Crippen MR) is 84.2 cm³/mol. The zero-order valence-electron chi connectivity index (χ0n) is 12.9. The molecule has 1 aromatic carbocycles. The SMILES string of the molecule is O=C(O)CNC(=O)COc1ccc2c(c1)OC(=Cc1ccco1)C2=O. The number of carbonyl (C=O) groups is 3. The van der Waals surface area contributed by atoms with E-state index < -0.39 is 18.4 Å². The summed E-state index contributed by atoms with van der Waals surface area (Å²) in [4.78, 5) is 34.1. The number of furan rings is 1. The number of Topliss-reactive ketones (excluding diaryl/α,β-unsaturated/α-hetero) is 1. The maximum atomic E-state index is 12.3. The molecule has 1 aliphatic rings. The smallest absolute Gasteiger partial charge is 0.322 e. The van der Waals surface area contributed by atoms with Crippen molar-refractivity contribution in [1.29, 1.82) is 0 Å². The van der Waals surface area contributed by atoms with Crippen LogP contribution in [0.1, 0.15) is 16.1 Å². The predicted octanol–water partition coefficient (Wildman–Crippen LogP) is 1.48. The second-order valence-corrected chi connectivity index (χ2v) is 5.07. The summed E-state index contributed by atoms with van der Waals surface area (Å²) in [5.41, 5.74) is 0.375. The number of amides is 1. The summed E-state index contributed by atoms with van der Waals surface area (Å²) in [6, 6.07) is 7.93. The van der Waals surface area contributed by atoms with Crippen LogP contribution in [0.3, 0.4) is 0 Å². The van der Waals surface area contributed by atoms with Crippen molar-refractivity contribution >= 4 is 23.7 Å². The number of carboxylic acid groups (broad SMARTS) is 1. The maximum absolute atomic E-state index is 12.3. The van der Waals surface area contributed by atoms with E-state index in [0.29, 0.717) is 22.8 Å². The molecule has 0 saturated carbocycles. The Morgan fingerprint density at radius 3 is 2.84 bits per heavy atom. The van der Waals surface area contributed by atoms with Crippen LogP contribution in [0.5, 0.6) is 11.5 Å². The highest BCUT2D eigenvalue weighted by atomic mass is 16.5.